The number of esters is 1. The van der Waals surface area contributed by atoms with Crippen LogP contribution in [-0.2, 0) is 34.1 Å². The summed E-state index contributed by atoms with van der Waals surface area (Å²) in [5, 5.41) is -1.88. The predicted octanol–water partition coefficient (Wildman–Crippen LogP) is 6.61. The molecule has 0 spiro atoms. The first-order valence-corrected chi connectivity index (χ1v) is 17.8. The lowest BCUT2D eigenvalue weighted by atomic mass is 9.99. The Morgan fingerprint density at radius 3 is 2.42 bits per heavy atom. The molecule has 0 bridgehead atoms. The molecule has 0 aromatic heterocycles. The first kappa shape index (κ1) is 34.5. The number of anilines is 1. The average Bonchev–Trinajstić information content (AvgIpc) is 2.97. The number of allylic oxidation sites excluding steroid dienone is 1. The molecule has 1 aliphatic carbocycles. The number of sulfonamides is 1. The summed E-state index contributed by atoms with van der Waals surface area (Å²) in [7, 11) is -8.69. The molecule has 2 aromatic carbocycles. The van der Waals surface area contributed by atoms with E-state index < -0.39 is 65.6 Å². The third kappa shape index (κ3) is 9.02. The Labute approximate surface area is 258 Å². The van der Waals surface area contributed by atoms with Gasteiger partial charge in [-0.15, -0.1) is 0 Å². The van der Waals surface area contributed by atoms with Gasteiger partial charge in [-0.05, 0) is 69.4 Å². The number of hydrogen-bond acceptors (Lipinski definition) is 8. The van der Waals surface area contributed by atoms with Gasteiger partial charge in [-0.25, -0.2) is 30.8 Å². The first-order chi connectivity index (χ1) is 20.4. The summed E-state index contributed by atoms with van der Waals surface area (Å²) in [5.74, 6) is -2.19. The summed E-state index contributed by atoms with van der Waals surface area (Å²) in [4.78, 5) is 26.6. The number of benzene rings is 2. The van der Waals surface area contributed by atoms with E-state index in [1.54, 1.807) is 25.1 Å². The largest absolute Gasteiger partial charge is 0.463 e. The van der Waals surface area contributed by atoms with Crippen molar-refractivity contribution < 1.29 is 40.3 Å². The van der Waals surface area contributed by atoms with Crippen LogP contribution in [0.15, 0.2) is 65.1 Å². The van der Waals surface area contributed by atoms with Crippen LogP contribution in [0.5, 0.6) is 0 Å². The molecule has 3 rings (SSSR count). The summed E-state index contributed by atoms with van der Waals surface area (Å²) in [5.41, 5.74) is -0.524. The highest BCUT2D eigenvalue weighted by Crippen LogP contribution is 2.35. The van der Waals surface area contributed by atoms with Gasteiger partial charge in [0.25, 0.3) is 10.0 Å². The number of hydrogen-bond donors (Lipinski definition) is 0. The summed E-state index contributed by atoms with van der Waals surface area (Å²) in [6.07, 6.45) is 2.89. The van der Waals surface area contributed by atoms with E-state index in [0.717, 1.165) is 37.5 Å². The minimum absolute atomic E-state index is 0.00158. The highest BCUT2D eigenvalue weighted by molar-refractivity contribution is 7.94. The number of amides is 1. The number of carbonyl (C=O) groups is 2. The monoisotopic (exact) mass is 657 g/mol. The number of carbonyl (C=O) groups excluding carboxylic acids is 2. The summed E-state index contributed by atoms with van der Waals surface area (Å²) in [6.45, 7) is 3.60. The second kappa shape index (κ2) is 15.7. The highest BCUT2D eigenvalue weighted by Gasteiger charge is 2.44. The van der Waals surface area contributed by atoms with Crippen molar-refractivity contribution in [3.8, 4) is 0 Å². The molecular weight excluding hydrogens is 621 g/mol. The van der Waals surface area contributed by atoms with Crippen molar-refractivity contribution >= 4 is 49.2 Å². The molecule has 0 aliphatic heterocycles. The Kier molecular flexibility index (Phi) is 12.6. The zero-order valence-electron chi connectivity index (χ0n) is 24.2. The van der Waals surface area contributed by atoms with Gasteiger partial charge in [0.1, 0.15) is 17.2 Å². The fourth-order valence-corrected chi connectivity index (χ4v) is 8.54. The van der Waals surface area contributed by atoms with Crippen LogP contribution in [0.2, 0.25) is 5.02 Å². The topological polar surface area (TPSA) is 124 Å². The molecule has 0 fully saturated rings. The van der Waals surface area contributed by atoms with Crippen molar-refractivity contribution in [3.63, 3.8) is 0 Å². The van der Waals surface area contributed by atoms with E-state index >= 15 is 0 Å². The number of unbranched alkanes of at least 4 members (excludes halogenated alkanes) is 3. The number of halogens is 2. The Morgan fingerprint density at radius 1 is 1.05 bits per heavy atom. The minimum atomic E-state index is -4.76. The molecule has 2 unspecified atom stereocenters. The molecule has 2 aromatic rings. The van der Waals surface area contributed by atoms with Gasteiger partial charge in [0.05, 0.1) is 33.5 Å². The standard InChI is InChI=1S/C30H37ClFNO8S2/c1-3-5-6-8-13-23(21-42(36,37)24-14-9-7-10-15-24)41-30(35)33(27-19-18-22(32)20-26(27)31)43(38,39)28-17-12-11-16-25(28)29(34)40-4-2/h7,9-10,14-16,18-20,23,28H,3-6,8,11-13,17,21H2,1-2H3. The molecule has 9 nitrogen and oxygen atoms in total. The molecule has 1 amide bonds. The maximum atomic E-state index is 14.2. The highest BCUT2D eigenvalue weighted by atomic mass is 35.5. The quantitative estimate of drug-likeness (QED) is 0.164. The number of nitrogens with zero attached hydrogens (tertiary/aromatic N) is 1. The lowest BCUT2D eigenvalue weighted by Gasteiger charge is -2.31. The number of rotatable bonds is 14. The van der Waals surface area contributed by atoms with Gasteiger partial charge < -0.3 is 9.47 Å². The molecule has 0 saturated heterocycles. The maximum Gasteiger partial charge on any atom is 0.428 e. The van der Waals surface area contributed by atoms with Gasteiger partial charge in [0.15, 0.2) is 9.84 Å². The fourth-order valence-electron chi connectivity index (χ4n) is 4.83. The minimum Gasteiger partial charge on any atom is -0.463 e. The van der Waals surface area contributed by atoms with Gasteiger partial charge in [0.2, 0.25) is 0 Å². The Balaban J connectivity index is 2.04. The van der Waals surface area contributed by atoms with E-state index in [1.807, 2.05) is 6.92 Å². The van der Waals surface area contributed by atoms with Crippen LogP contribution in [-0.4, -0.2) is 52.6 Å². The first-order valence-electron chi connectivity index (χ1n) is 14.3. The van der Waals surface area contributed by atoms with E-state index in [9.17, 15) is 30.8 Å². The molecule has 236 valence electrons. The molecule has 2 atom stereocenters. The van der Waals surface area contributed by atoms with Crippen molar-refractivity contribution in [1.82, 2.24) is 0 Å². The zero-order valence-corrected chi connectivity index (χ0v) is 26.6. The lowest BCUT2D eigenvalue weighted by molar-refractivity contribution is -0.138. The van der Waals surface area contributed by atoms with E-state index in [4.69, 9.17) is 21.1 Å². The van der Waals surface area contributed by atoms with Gasteiger partial charge in [-0.1, -0.05) is 62.1 Å². The predicted molar refractivity (Wildman–Crippen MR) is 163 cm³/mol. The third-order valence-corrected chi connectivity index (χ3v) is 11.1. The summed E-state index contributed by atoms with van der Waals surface area (Å²) in [6, 6.07) is 10.4. The van der Waals surface area contributed by atoms with Crippen LogP contribution in [0.3, 0.4) is 0 Å². The molecule has 43 heavy (non-hydrogen) atoms. The molecule has 0 N–H and O–H groups in total. The van der Waals surface area contributed by atoms with Gasteiger partial charge in [0, 0.05) is 0 Å². The number of ether oxygens (including phenoxy) is 2. The average molecular weight is 658 g/mol. The summed E-state index contributed by atoms with van der Waals surface area (Å²) >= 11 is 6.25. The van der Waals surface area contributed by atoms with Crippen molar-refractivity contribution in [1.29, 1.82) is 0 Å². The second-order valence-electron chi connectivity index (χ2n) is 10.2. The summed E-state index contributed by atoms with van der Waals surface area (Å²) < 4.78 is 79.8. The fraction of sp³-hybridized carbons (Fsp3) is 0.467. The Bertz CT molecular complexity index is 1510. The van der Waals surface area contributed by atoms with E-state index in [1.165, 1.54) is 18.2 Å². The van der Waals surface area contributed by atoms with Crippen molar-refractivity contribution in [3.05, 3.63) is 71.0 Å². The normalized spacial score (nSPS) is 16.2. The van der Waals surface area contributed by atoms with Crippen molar-refractivity contribution in [2.45, 2.75) is 81.5 Å². The van der Waals surface area contributed by atoms with E-state index in [0.29, 0.717) is 23.6 Å². The van der Waals surface area contributed by atoms with Crippen LogP contribution in [0.25, 0.3) is 0 Å². The SMILES string of the molecule is CCCCCCC(CS(=O)(=O)c1ccccc1)OC(=O)N(c1ccc(F)cc1Cl)S(=O)(=O)C1CCCC=C1C(=O)OCC. The molecule has 0 radical (unpaired) electrons. The van der Waals surface area contributed by atoms with Crippen LogP contribution in [0, 0.1) is 5.82 Å². The Morgan fingerprint density at radius 2 is 1.77 bits per heavy atom. The second-order valence-corrected chi connectivity index (χ2v) is 14.6. The number of sulfone groups is 1. The van der Waals surface area contributed by atoms with Crippen LogP contribution >= 0.6 is 11.6 Å². The molecule has 0 heterocycles. The molecule has 13 heteroatoms. The van der Waals surface area contributed by atoms with E-state index in [-0.39, 0.29) is 29.9 Å². The zero-order chi connectivity index (χ0) is 31.6. The van der Waals surface area contributed by atoms with Gasteiger partial charge >= 0.3 is 12.1 Å². The van der Waals surface area contributed by atoms with Crippen molar-refractivity contribution in [2.75, 3.05) is 16.7 Å². The van der Waals surface area contributed by atoms with E-state index in [2.05, 4.69) is 0 Å². The maximum absolute atomic E-state index is 14.2. The molecule has 0 saturated carbocycles. The van der Waals surface area contributed by atoms with Crippen LogP contribution in [0.4, 0.5) is 14.9 Å². The van der Waals surface area contributed by atoms with Crippen LogP contribution in [0.1, 0.15) is 65.2 Å². The Hall–Kier alpha value is -2.96. The van der Waals surface area contributed by atoms with Gasteiger partial charge in [-0.2, -0.15) is 4.31 Å². The van der Waals surface area contributed by atoms with Crippen molar-refractivity contribution in [2.24, 2.45) is 0 Å². The molecule has 1 aliphatic rings. The third-order valence-electron chi connectivity index (χ3n) is 6.96. The smallest absolute Gasteiger partial charge is 0.428 e. The molecular formula is C30H37ClFNO8S2. The van der Waals surface area contributed by atoms with Gasteiger partial charge in [-0.3, -0.25) is 0 Å². The lowest BCUT2D eigenvalue weighted by Crippen LogP contribution is -2.47. The van der Waals surface area contributed by atoms with Crippen LogP contribution < -0.4 is 4.31 Å².